The minimum Gasteiger partial charge on any atom is -0.497 e. The first-order chi connectivity index (χ1) is 11.0. The lowest BCUT2D eigenvalue weighted by Gasteiger charge is -2.16. The molecule has 0 aliphatic carbocycles. The summed E-state index contributed by atoms with van der Waals surface area (Å²) in [6, 6.07) is 7.25. The molecule has 7 heteroatoms. The average Bonchev–Trinajstić information content (AvgIpc) is 3.00. The molecule has 0 aliphatic rings. The van der Waals surface area contributed by atoms with Gasteiger partial charge in [0.2, 0.25) is 11.0 Å². The number of nitrogens with two attached hydrogens (primary N) is 1. The number of amides is 1. The van der Waals surface area contributed by atoms with Crippen molar-refractivity contribution in [3.05, 3.63) is 34.8 Å². The number of nitrogens with zero attached hydrogens (tertiary/aromatic N) is 2. The van der Waals surface area contributed by atoms with Crippen molar-refractivity contribution in [2.45, 2.75) is 32.7 Å². The minimum absolute atomic E-state index is 0.124. The predicted molar refractivity (Wildman–Crippen MR) is 91.8 cm³/mol. The van der Waals surface area contributed by atoms with Gasteiger partial charge in [0.05, 0.1) is 13.2 Å². The van der Waals surface area contributed by atoms with E-state index in [1.54, 1.807) is 7.11 Å². The van der Waals surface area contributed by atoms with Crippen LogP contribution in [-0.2, 0) is 11.2 Å². The average molecular weight is 334 g/mol. The molecular formula is C16H22N4O2S. The first-order valence-electron chi connectivity index (χ1n) is 7.55. The number of aromatic nitrogens is 2. The van der Waals surface area contributed by atoms with Crippen LogP contribution in [0.2, 0.25) is 0 Å². The Labute approximate surface area is 140 Å². The Morgan fingerprint density at radius 2 is 2.22 bits per heavy atom. The third-order valence-corrected chi connectivity index (χ3v) is 4.58. The largest absolute Gasteiger partial charge is 0.497 e. The topological polar surface area (TPSA) is 90.1 Å². The van der Waals surface area contributed by atoms with Crippen LogP contribution in [0.1, 0.15) is 30.8 Å². The number of benzene rings is 1. The minimum atomic E-state index is -0.536. The van der Waals surface area contributed by atoms with E-state index in [4.69, 9.17) is 10.5 Å². The number of hydrogen-bond acceptors (Lipinski definition) is 6. The van der Waals surface area contributed by atoms with E-state index in [0.29, 0.717) is 11.6 Å². The maximum absolute atomic E-state index is 12.1. The highest BCUT2D eigenvalue weighted by molar-refractivity contribution is 7.15. The van der Waals surface area contributed by atoms with Gasteiger partial charge in [-0.05, 0) is 23.6 Å². The van der Waals surface area contributed by atoms with E-state index >= 15 is 0 Å². The Morgan fingerprint density at radius 3 is 2.91 bits per heavy atom. The molecule has 1 aromatic carbocycles. The van der Waals surface area contributed by atoms with Gasteiger partial charge in [-0.2, -0.15) is 0 Å². The molecule has 1 aromatic heterocycles. The van der Waals surface area contributed by atoms with E-state index in [0.717, 1.165) is 22.7 Å². The van der Waals surface area contributed by atoms with Crippen LogP contribution in [0.4, 0.5) is 5.13 Å². The monoisotopic (exact) mass is 334 g/mol. The number of rotatable bonds is 7. The zero-order valence-corrected chi connectivity index (χ0v) is 14.4. The lowest BCUT2D eigenvalue weighted by Crippen LogP contribution is -2.40. The van der Waals surface area contributed by atoms with Gasteiger partial charge in [0, 0.05) is 6.42 Å². The Morgan fingerprint density at radius 1 is 1.43 bits per heavy atom. The van der Waals surface area contributed by atoms with Crippen LogP contribution in [0.5, 0.6) is 5.75 Å². The summed E-state index contributed by atoms with van der Waals surface area (Å²) in [5.41, 5.74) is 6.99. The zero-order valence-electron chi connectivity index (χ0n) is 13.6. The summed E-state index contributed by atoms with van der Waals surface area (Å²) in [7, 11) is 1.64. The summed E-state index contributed by atoms with van der Waals surface area (Å²) in [5, 5.41) is 12.2. The summed E-state index contributed by atoms with van der Waals surface area (Å²) < 4.78 is 5.21. The van der Waals surface area contributed by atoms with Crippen molar-refractivity contribution in [2.75, 3.05) is 12.4 Å². The summed E-state index contributed by atoms with van der Waals surface area (Å²) in [6.45, 7) is 3.97. The SMILES string of the molecule is CCC(C)C(N)C(=O)Nc1nnc(Cc2cccc(OC)c2)s1. The van der Waals surface area contributed by atoms with Gasteiger partial charge in [0.15, 0.2) is 0 Å². The third-order valence-electron chi connectivity index (χ3n) is 3.75. The van der Waals surface area contributed by atoms with Gasteiger partial charge >= 0.3 is 0 Å². The van der Waals surface area contributed by atoms with E-state index in [9.17, 15) is 4.79 Å². The first-order valence-corrected chi connectivity index (χ1v) is 8.36. The summed E-state index contributed by atoms with van der Waals surface area (Å²) >= 11 is 1.36. The van der Waals surface area contributed by atoms with Gasteiger partial charge in [0.25, 0.3) is 0 Å². The predicted octanol–water partition coefficient (Wildman–Crippen LogP) is 2.45. The molecular weight excluding hydrogens is 312 g/mol. The molecule has 1 heterocycles. The van der Waals surface area contributed by atoms with Gasteiger partial charge in [-0.15, -0.1) is 10.2 Å². The highest BCUT2D eigenvalue weighted by atomic mass is 32.1. The van der Waals surface area contributed by atoms with Crippen LogP contribution in [0.15, 0.2) is 24.3 Å². The fraction of sp³-hybridized carbons (Fsp3) is 0.438. The van der Waals surface area contributed by atoms with Crippen molar-refractivity contribution in [2.24, 2.45) is 11.7 Å². The molecule has 1 amide bonds. The van der Waals surface area contributed by atoms with E-state index < -0.39 is 6.04 Å². The van der Waals surface area contributed by atoms with Crippen LogP contribution < -0.4 is 15.8 Å². The number of nitrogens with one attached hydrogen (secondary N) is 1. The number of ether oxygens (including phenoxy) is 1. The quantitative estimate of drug-likeness (QED) is 0.812. The second kappa shape index (κ2) is 8.03. The van der Waals surface area contributed by atoms with Crippen LogP contribution in [0.3, 0.4) is 0 Å². The number of hydrogen-bond donors (Lipinski definition) is 2. The molecule has 2 rings (SSSR count). The lowest BCUT2D eigenvalue weighted by atomic mass is 10.00. The molecule has 23 heavy (non-hydrogen) atoms. The van der Waals surface area contributed by atoms with E-state index in [-0.39, 0.29) is 11.8 Å². The van der Waals surface area contributed by atoms with Crippen molar-refractivity contribution in [1.29, 1.82) is 0 Å². The maximum atomic E-state index is 12.1. The Bertz CT molecular complexity index is 659. The smallest absolute Gasteiger partial charge is 0.243 e. The molecule has 0 saturated heterocycles. The lowest BCUT2D eigenvalue weighted by molar-refractivity contribution is -0.118. The molecule has 2 unspecified atom stereocenters. The van der Waals surface area contributed by atoms with Gasteiger partial charge in [0.1, 0.15) is 10.8 Å². The van der Waals surface area contributed by atoms with Crippen molar-refractivity contribution in [3.8, 4) is 5.75 Å². The van der Waals surface area contributed by atoms with Crippen LogP contribution in [0, 0.1) is 5.92 Å². The summed E-state index contributed by atoms with van der Waals surface area (Å²) in [5.74, 6) is 0.711. The zero-order chi connectivity index (χ0) is 16.8. The summed E-state index contributed by atoms with van der Waals surface area (Å²) in [6.07, 6.45) is 1.49. The van der Waals surface area contributed by atoms with Gasteiger partial charge in [-0.1, -0.05) is 43.7 Å². The second-order valence-electron chi connectivity index (χ2n) is 5.43. The molecule has 2 aromatic rings. The third kappa shape index (κ3) is 4.74. The number of methoxy groups -OCH3 is 1. The fourth-order valence-electron chi connectivity index (χ4n) is 2.03. The normalized spacial score (nSPS) is 13.4. The molecule has 3 N–H and O–H groups in total. The molecule has 124 valence electrons. The highest BCUT2D eigenvalue weighted by Crippen LogP contribution is 2.21. The van der Waals surface area contributed by atoms with Crippen molar-refractivity contribution in [1.82, 2.24) is 10.2 Å². The van der Waals surface area contributed by atoms with E-state index in [1.165, 1.54) is 11.3 Å². The number of carbonyl (C=O) groups excluding carboxylic acids is 1. The molecule has 0 spiro atoms. The molecule has 0 bridgehead atoms. The van der Waals surface area contributed by atoms with Gasteiger partial charge in [-0.25, -0.2) is 0 Å². The Hall–Kier alpha value is -1.99. The maximum Gasteiger partial charge on any atom is 0.243 e. The molecule has 0 fully saturated rings. The second-order valence-corrected chi connectivity index (χ2v) is 6.49. The molecule has 6 nitrogen and oxygen atoms in total. The summed E-state index contributed by atoms with van der Waals surface area (Å²) in [4.78, 5) is 12.1. The highest BCUT2D eigenvalue weighted by Gasteiger charge is 2.20. The van der Waals surface area contributed by atoms with Gasteiger partial charge < -0.3 is 10.5 Å². The Kier molecular flexibility index (Phi) is 6.06. The van der Waals surface area contributed by atoms with E-state index in [2.05, 4.69) is 15.5 Å². The standard InChI is InChI=1S/C16H22N4O2S/c1-4-10(2)14(17)15(21)18-16-20-19-13(23-16)9-11-6-5-7-12(8-11)22-3/h5-8,10,14H,4,9,17H2,1-3H3,(H,18,20,21). The van der Waals surface area contributed by atoms with Crippen molar-refractivity contribution >= 4 is 22.4 Å². The van der Waals surface area contributed by atoms with Crippen molar-refractivity contribution < 1.29 is 9.53 Å². The van der Waals surface area contributed by atoms with Gasteiger partial charge in [-0.3, -0.25) is 10.1 Å². The molecule has 0 radical (unpaired) electrons. The Balaban J connectivity index is 1.99. The van der Waals surface area contributed by atoms with E-state index in [1.807, 2.05) is 38.1 Å². The molecule has 0 saturated carbocycles. The van der Waals surface area contributed by atoms with Crippen molar-refractivity contribution in [3.63, 3.8) is 0 Å². The van der Waals surface area contributed by atoms with Crippen LogP contribution >= 0.6 is 11.3 Å². The van der Waals surface area contributed by atoms with Crippen LogP contribution in [0.25, 0.3) is 0 Å². The number of anilines is 1. The molecule has 2 atom stereocenters. The van der Waals surface area contributed by atoms with Crippen LogP contribution in [-0.4, -0.2) is 29.3 Å². The molecule has 0 aliphatic heterocycles. The number of carbonyl (C=O) groups is 1. The first kappa shape index (κ1) is 17.4. The fourth-order valence-corrected chi connectivity index (χ4v) is 2.81.